The normalized spacial score (nSPS) is 30.1. The van der Waals surface area contributed by atoms with Gasteiger partial charge in [0.1, 0.15) is 24.6 Å². The van der Waals surface area contributed by atoms with Gasteiger partial charge in [0.25, 0.3) is 0 Å². The number of rotatable bonds is 2. The third-order valence-corrected chi connectivity index (χ3v) is 3.30. The minimum atomic E-state index is -1.26. The van der Waals surface area contributed by atoms with Gasteiger partial charge in [0.15, 0.2) is 22.9 Å². The van der Waals surface area contributed by atoms with E-state index >= 15 is 0 Å². The molecule has 0 unspecified atom stereocenters. The van der Waals surface area contributed by atoms with Crippen LogP contribution in [0.15, 0.2) is 12.7 Å². The van der Waals surface area contributed by atoms with Gasteiger partial charge in [-0.3, -0.25) is 9.98 Å². The molecule has 3 rings (SSSR count). The largest absolute Gasteiger partial charge is 0.425 e. The summed E-state index contributed by atoms with van der Waals surface area (Å²) in [6, 6.07) is 0. The first-order valence-electron chi connectivity index (χ1n) is 5.85. The molecule has 0 spiro atoms. The Morgan fingerprint density at radius 1 is 1.25 bits per heavy atom. The summed E-state index contributed by atoms with van der Waals surface area (Å²) >= 11 is 0. The second kappa shape index (κ2) is 4.52. The van der Waals surface area contributed by atoms with E-state index in [4.69, 9.17) is 15.3 Å². The van der Waals surface area contributed by atoms with Gasteiger partial charge in [-0.05, 0) is 0 Å². The van der Waals surface area contributed by atoms with Gasteiger partial charge < -0.3 is 25.3 Å². The number of aliphatic hydroxyl groups is 3. The second-order valence-electron chi connectivity index (χ2n) is 4.49. The number of fused-ring (bicyclic) bond motifs is 1. The maximum absolute atomic E-state index is 9.95. The summed E-state index contributed by atoms with van der Waals surface area (Å²) < 4.78 is 7.22. The fraction of sp³-hybridized carbons (Fsp3) is 0.500. The van der Waals surface area contributed by atoms with Crippen LogP contribution in [0, 0.1) is 5.41 Å². The average molecular weight is 283 g/mol. The molecule has 3 heterocycles. The summed E-state index contributed by atoms with van der Waals surface area (Å²) in [5.41, 5.74) is 0.0726. The zero-order valence-corrected chi connectivity index (χ0v) is 10.2. The first-order valence-corrected chi connectivity index (χ1v) is 5.85. The second-order valence-corrected chi connectivity index (χ2v) is 4.49. The van der Waals surface area contributed by atoms with Gasteiger partial charge in [-0.2, -0.15) is 4.73 Å². The highest BCUT2D eigenvalue weighted by atomic mass is 16.6. The first kappa shape index (κ1) is 13.0. The van der Waals surface area contributed by atoms with Gasteiger partial charge in [-0.25, -0.2) is 9.97 Å². The highest BCUT2D eigenvalue weighted by molar-refractivity contribution is 5.68. The summed E-state index contributed by atoms with van der Waals surface area (Å²) in [4.78, 5) is 7.85. The lowest BCUT2D eigenvalue weighted by molar-refractivity contribution is -0.0511. The molecule has 0 bridgehead atoms. The molecule has 10 heteroatoms. The zero-order valence-electron chi connectivity index (χ0n) is 10.2. The van der Waals surface area contributed by atoms with Crippen molar-refractivity contribution < 1.29 is 25.3 Å². The molecule has 0 aliphatic carbocycles. The van der Waals surface area contributed by atoms with Crippen molar-refractivity contribution in [3.8, 4) is 0 Å². The van der Waals surface area contributed by atoms with E-state index in [1.54, 1.807) is 0 Å². The van der Waals surface area contributed by atoms with Crippen LogP contribution in [0.3, 0.4) is 0 Å². The number of nitrogens with one attached hydrogen (secondary N) is 1. The Balaban J connectivity index is 2.08. The molecule has 2 aromatic heterocycles. The number of aliphatic hydroxyl groups excluding tert-OH is 3. The number of hydrogen-bond acceptors (Lipinski definition) is 8. The molecule has 1 aliphatic rings. The molecular formula is C10H13N5O5. The maximum atomic E-state index is 9.95. The van der Waals surface area contributed by atoms with Crippen molar-refractivity contribution >= 4 is 11.2 Å². The number of ether oxygens (including phenoxy) is 1. The van der Waals surface area contributed by atoms with Crippen LogP contribution in [0.5, 0.6) is 0 Å². The molecule has 108 valence electrons. The zero-order chi connectivity index (χ0) is 14.4. The van der Waals surface area contributed by atoms with E-state index in [1.165, 1.54) is 10.9 Å². The van der Waals surface area contributed by atoms with Crippen LogP contribution in [0.1, 0.15) is 6.23 Å². The van der Waals surface area contributed by atoms with Crippen molar-refractivity contribution in [1.82, 2.24) is 19.3 Å². The molecule has 2 aromatic rings. The smallest absolute Gasteiger partial charge is 0.192 e. The van der Waals surface area contributed by atoms with Crippen LogP contribution in [-0.4, -0.2) is 64.7 Å². The first-order chi connectivity index (χ1) is 9.54. The van der Waals surface area contributed by atoms with Gasteiger partial charge >= 0.3 is 0 Å². The Kier molecular flexibility index (Phi) is 2.94. The molecule has 5 N–H and O–H groups in total. The lowest BCUT2D eigenvalue weighted by Gasteiger charge is -2.16. The average Bonchev–Trinajstić information content (AvgIpc) is 2.98. The van der Waals surface area contributed by atoms with Gasteiger partial charge in [0, 0.05) is 0 Å². The highest BCUT2D eigenvalue weighted by Gasteiger charge is 2.43. The van der Waals surface area contributed by atoms with E-state index in [0.717, 1.165) is 6.33 Å². The minimum Gasteiger partial charge on any atom is -0.425 e. The van der Waals surface area contributed by atoms with Crippen molar-refractivity contribution in [2.75, 3.05) is 6.61 Å². The predicted molar refractivity (Wildman–Crippen MR) is 61.6 cm³/mol. The van der Waals surface area contributed by atoms with Crippen molar-refractivity contribution in [3.63, 3.8) is 0 Å². The van der Waals surface area contributed by atoms with Crippen molar-refractivity contribution in [2.24, 2.45) is 0 Å². The quantitative estimate of drug-likeness (QED) is 0.384. The van der Waals surface area contributed by atoms with Crippen LogP contribution in [0.2, 0.25) is 0 Å². The Morgan fingerprint density at radius 3 is 2.65 bits per heavy atom. The van der Waals surface area contributed by atoms with Crippen LogP contribution in [0.4, 0.5) is 0 Å². The predicted octanol–water partition coefficient (Wildman–Crippen LogP) is -2.44. The molecule has 0 saturated carbocycles. The minimum absolute atomic E-state index is 0.118. The van der Waals surface area contributed by atoms with E-state index in [-0.39, 0.29) is 16.7 Å². The van der Waals surface area contributed by atoms with Crippen molar-refractivity contribution in [2.45, 2.75) is 24.5 Å². The molecule has 1 aliphatic heterocycles. The SMILES string of the molecule is N=c1c2ncn([C@@H]3O[C@@H](CO)[C@@H](O)[C@@H]3O)c2ncn1O. The number of imidazole rings is 1. The standard InChI is InChI=1S/C10H13N5O5/c11-8-5-9(13-3-15(8)19)14(2-12-5)10-7(18)6(17)4(1-16)20-10/h2-4,6-7,10-11,16-19H,1H2/t4-,6+,7-,10+/m0/s1. The highest BCUT2D eigenvalue weighted by Crippen LogP contribution is 2.30. The van der Waals surface area contributed by atoms with E-state index in [0.29, 0.717) is 4.73 Å². The number of aromatic nitrogens is 4. The Bertz CT molecular complexity index is 697. The molecule has 20 heavy (non-hydrogen) atoms. The molecule has 0 aromatic carbocycles. The monoisotopic (exact) mass is 283 g/mol. The topological polar surface area (TPSA) is 150 Å². The van der Waals surface area contributed by atoms with E-state index in [2.05, 4.69) is 9.97 Å². The Morgan fingerprint density at radius 2 is 2.00 bits per heavy atom. The molecule has 4 atom stereocenters. The lowest BCUT2D eigenvalue weighted by Crippen LogP contribution is -2.33. The summed E-state index contributed by atoms with van der Waals surface area (Å²) in [6.45, 7) is -0.435. The van der Waals surface area contributed by atoms with Crippen LogP contribution in [0.25, 0.3) is 11.2 Å². The van der Waals surface area contributed by atoms with Gasteiger partial charge in [0.05, 0.1) is 12.9 Å². The number of nitrogens with zero attached hydrogens (tertiary/aromatic N) is 4. The van der Waals surface area contributed by atoms with Crippen LogP contribution in [-0.2, 0) is 4.74 Å². The van der Waals surface area contributed by atoms with E-state index in [1.807, 2.05) is 0 Å². The van der Waals surface area contributed by atoms with Crippen LogP contribution < -0.4 is 5.49 Å². The van der Waals surface area contributed by atoms with Gasteiger partial charge in [-0.1, -0.05) is 0 Å². The van der Waals surface area contributed by atoms with Crippen molar-refractivity contribution in [1.29, 1.82) is 5.41 Å². The molecule has 0 amide bonds. The fourth-order valence-electron chi connectivity index (χ4n) is 2.22. The molecule has 1 fully saturated rings. The Labute approximate surface area is 111 Å². The molecule has 1 saturated heterocycles. The van der Waals surface area contributed by atoms with Crippen LogP contribution >= 0.6 is 0 Å². The summed E-state index contributed by atoms with van der Waals surface area (Å²) in [5.74, 6) is 0. The maximum Gasteiger partial charge on any atom is 0.192 e. The Hall–Kier alpha value is -2.01. The van der Waals surface area contributed by atoms with E-state index < -0.39 is 31.1 Å². The third-order valence-electron chi connectivity index (χ3n) is 3.30. The summed E-state index contributed by atoms with van der Waals surface area (Å²) in [7, 11) is 0. The molecular weight excluding hydrogens is 270 g/mol. The van der Waals surface area contributed by atoms with Gasteiger partial charge in [0.2, 0.25) is 0 Å². The van der Waals surface area contributed by atoms with Crippen molar-refractivity contribution in [3.05, 3.63) is 18.1 Å². The molecule has 10 nitrogen and oxygen atoms in total. The van der Waals surface area contributed by atoms with E-state index in [9.17, 15) is 15.4 Å². The fourth-order valence-corrected chi connectivity index (χ4v) is 2.22. The summed E-state index contributed by atoms with van der Waals surface area (Å²) in [6.07, 6.45) is -2.07. The third kappa shape index (κ3) is 1.70. The summed E-state index contributed by atoms with van der Waals surface area (Å²) in [5, 5.41) is 45.7. The number of hydrogen-bond donors (Lipinski definition) is 5. The van der Waals surface area contributed by atoms with Gasteiger partial charge in [-0.15, -0.1) is 0 Å². The lowest BCUT2D eigenvalue weighted by atomic mass is 10.1. The molecule has 0 radical (unpaired) electrons.